The van der Waals surface area contributed by atoms with Gasteiger partial charge in [-0.2, -0.15) is 0 Å². The van der Waals surface area contributed by atoms with E-state index in [-0.39, 0.29) is 12.1 Å². The molecule has 0 radical (unpaired) electrons. The molecular formula is C14H8ClN3O3S. The van der Waals surface area contributed by atoms with E-state index in [1.165, 1.54) is 26.4 Å². The van der Waals surface area contributed by atoms with Crippen molar-refractivity contribution in [2.75, 3.05) is 0 Å². The second-order valence-electron chi connectivity index (χ2n) is 4.71. The molecule has 0 saturated carbocycles. The summed E-state index contributed by atoms with van der Waals surface area (Å²) in [6.07, 6.45) is 1.67. The summed E-state index contributed by atoms with van der Waals surface area (Å²) in [5.74, 6) is -0.509. The summed E-state index contributed by atoms with van der Waals surface area (Å²) in [6, 6.07) is 6.39. The lowest BCUT2D eigenvalue weighted by Gasteiger charge is -2.02. The third-order valence-electron chi connectivity index (χ3n) is 3.31. The van der Waals surface area contributed by atoms with Crippen molar-refractivity contribution in [3.05, 3.63) is 67.5 Å². The van der Waals surface area contributed by atoms with Crippen LogP contribution in [0.3, 0.4) is 0 Å². The molecule has 0 N–H and O–H groups in total. The molecule has 0 aliphatic carbocycles. The lowest BCUT2D eigenvalue weighted by molar-refractivity contribution is 0.516. The number of thiazole rings is 1. The highest BCUT2D eigenvalue weighted by molar-refractivity contribution is 7.15. The minimum atomic E-state index is -0.509. The van der Waals surface area contributed by atoms with Gasteiger partial charge in [0.2, 0.25) is 0 Å². The molecule has 3 heterocycles. The van der Waals surface area contributed by atoms with E-state index in [1.807, 2.05) is 0 Å². The van der Waals surface area contributed by atoms with Gasteiger partial charge in [-0.1, -0.05) is 11.6 Å². The highest BCUT2D eigenvalue weighted by Crippen LogP contribution is 2.19. The van der Waals surface area contributed by atoms with Gasteiger partial charge >= 0.3 is 5.76 Å². The minimum absolute atomic E-state index is 0.164. The number of fused-ring (bicyclic) bond motifs is 2. The first-order valence-corrected chi connectivity index (χ1v) is 7.62. The Bertz CT molecular complexity index is 1120. The van der Waals surface area contributed by atoms with E-state index < -0.39 is 5.76 Å². The predicted molar refractivity (Wildman–Crippen MR) is 83.9 cm³/mol. The Hall–Kier alpha value is -2.38. The molecule has 3 aromatic heterocycles. The average Bonchev–Trinajstić information content (AvgIpc) is 3.04. The molecule has 4 rings (SSSR count). The van der Waals surface area contributed by atoms with Gasteiger partial charge in [0, 0.05) is 28.7 Å². The van der Waals surface area contributed by atoms with Crippen LogP contribution in [0.25, 0.3) is 16.1 Å². The van der Waals surface area contributed by atoms with Gasteiger partial charge in [-0.3, -0.25) is 13.8 Å². The zero-order valence-corrected chi connectivity index (χ0v) is 12.6. The third kappa shape index (κ3) is 2.06. The van der Waals surface area contributed by atoms with E-state index in [0.717, 1.165) is 0 Å². The molecule has 0 aliphatic rings. The standard InChI is InChI=1S/C14H8ClN3O3S/c15-8-1-2-10-11(5-8)21-14(20)18(10)7-9-6-12(19)17-3-4-22-13(17)16-9/h1-6H,7H2. The molecule has 0 saturated heterocycles. The van der Waals surface area contributed by atoms with Gasteiger partial charge in [0.1, 0.15) is 0 Å². The summed E-state index contributed by atoms with van der Waals surface area (Å²) in [6.45, 7) is 0.164. The second kappa shape index (κ2) is 4.82. The van der Waals surface area contributed by atoms with Gasteiger partial charge < -0.3 is 4.42 Å². The summed E-state index contributed by atoms with van der Waals surface area (Å²) in [7, 11) is 0. The van der Waals surface area contributed by atoms with Crippen molar-refractivity contribution in [1.82, 2.24) is 14.0 Å². The van der Waals surface area contributed by atoms with Crippen molar-refractivity contribution >= 4 is 39.0 Å². The van der Waals surface area contributed by atoms with E-state index in [2.05, 4.69) is 4.98 Å². The largest absolute Gasteiger partial charge is 0.420 e. The molecule has 0 atom stereocenters. The summed E-state index contributed by atoms with van der Waals surface area (Å²) >= 11 is 7.25. The van der Waals surface area contributed by atoms with Crippen LogP contribution < -0.4 is 11.3 Å². The quantitative estimate of drug-likeness (QED) is 0.564. The van der Waals surface area contributed by atoms with Crippen LogP contribution in [-0.4, -0.2) is 14.0 Å². The Balaban J connectivity index is 1.87. The lowest BCUT2D eigenvalue weighted by Crippen LogP contribution is -2.19. The highest BCUT2D eigenvalue weighted by atomic mass is 35.5. The molecule has 1 aromatic carbocycles. The van der Waals surface area contributed by atoms with E-state index in [0.29, 0.717) is 26.8 Å². The Kier molecular flexibility index (Phi) is 2.91. The van der Waals surface area contributed by atoms with Crippen LogP contribution in [0, 0.1) is 0 Å². The van der Waals surface area contributed by atoms with Crippen LogP contribution in [0.5, 0.6) is 0 Å². The van der Waals surface area contributed by atoms with Crippen molar-refractivity contribution in [1.29, 1.82) is 0 Å². The number of hydrogen-bond acceptors (Lipinski definition) is 5. The maximum Gasteiger partial charge on any atom is 0.420 e. The molecule has 22 heavy (non-hydrogen) atoms. The van der Waals surface area contributed by atoms with Crippen molar-refractivity contribution in [2.45, 2.75) is 6.54 Å². The van der Waals surface area contributed by atoms with E-state index in [9.17, 15) is 9.59 Å². The number of rotatable bonds is 2. The molecule has 0 aliphatic heterocycles. The minimum Gasteiger partial charge on any atom is -0.408 e. The predicted octanol–water partition coefficient (Wildman–Crippen LogP) is 2.37. The van der Waals surface area contributed by atoms with Crippen LogP contribution in [0.4, 0.5) is 0 Å². The molecule has 0 unspecified atom stereocenters. The van der Waals surface area contributed by atoms with Crippen LogP contribution in [0.15, 0.2) is 49.8 Å². The fraction of sp³-hybridized carbons (Fsp3) is 0.0714. The van der Waals surface area contributed by atoms with E-state index in [4.69, 9.17) is 16.0 Å². The zero-order chi connectivity index (χ0) is 15.3. The Morgan fingerprint density at radius 2 is 2.14 bits per heavy atom. The first kappa shape index (κ1) is 13.3. The van der Waals surface area contributed by atoms with Gasteiger partial charge in [0.15, 0.2) is 10.5 Å². The van der Waals surface area contributed by atoms with Crippen molar-refractivity contribution in [3.63, 3.8) is 0 Å². The summed E-state index contributed by atoms with van der Waals surface area (Å²) < 4.78 is 8.06. The number of halogens is 1. The summed E-state index contributed by atoms with van der Waals surface area (Å²) in [4.78, 5) is 29.0. The summed E-state index contributed by atoms with van der Waals surface area (Å²) in [5, 5.41) is 2.28. The molecular weight excluding hydrogens is 326 g/mol. The normalized spacial score (nSPS) is 11.5. The van der Waals surface area contributed by atoms with Gasteiger partial charge in [0.25, 0.3) is 5.56 Å². The monoisotopic (exact) mass is 333 g/mol. The molecule has 0 fully saturated rings. The maximum atomic E-state index is 12.0. The highest BCUT2D eigenvalue weighted by Gasteiger charge is 2.12. The third-order valence-corrected chi connectivity index (χ3v) is 4.30. The molecule has 110 valence electrons. The molecule has 8 heteroatoms. The fourth-order valence-corrected chi connectivity index (χ4v) is 3.22. The number of oxazole rings is 1. The van der Waals surface area contributed by atoms with Crippen molar-refractivity contribution in [2.24, 2.45) is 0 Å². The maximum absolute atomic E-state index is 12.0. The van der Waals surface area contributed by atoms with Crippen LogP contribution in [-0.2, 0) is 6.54 Å². The zero-order valence-electron chi connectivity index (χ0n) is 11.0. The van der Waals surface area contributed by atoms with Crippen molar-refractivity contribution in [3.8, 4) is 0 Å². The van der Waals surface area contributed by atoms with E-state index >= 15 is 0 Å². The van der Waals surface area contributed by atoms with Gasteiger partial charge in [-0.15, -0.1) is 11.3 Å². The Labute approximate surface area is 131 Å². The molecule has 6 nitrogen and oxygen atoms in total. The van der Waals surface area contributed by atoms with Crippen LogP contribution in [0.2, 0.25) is 5.02 Å². The molecule has 4 aromatic rings. The average molecular weight is 334 g/mol. The lowest BCUT2D eigenvalue weighted by atomic mass is 10.3. The van der Waals surface area contributed by atoms with Crippen molar-refractivity contribution < 1.29 is 4.42 Å². The van der Waals surface area contributed by atoms with Gasteiger partial charge in [-0.05, 0) is 12.1 Å². The number of benzene rings is 1. The Morgan fingerprint density at radius 3 is 3.00 bits per heavy atom. The molecule has 0 amide bonds. The topological polar surface area (TPSA) is 69.5 Å². The molecule has 0 bridgehead atoms. The first-order valence-electron chi connectivity index (χ1n) is 6.36. The fourth-order valence-electron chi connectivity index (χ4n) is 2.32. The number of nitrogens with zero attached hydrogens (tertiary/aromatic N) is 3. The van der Waals surface area contributed by atoms with Crippen LogP contribution in [0.1, 0.15) is 5.69 Å². The SMILES string of the molecule is O=c1oc2cc(Cl)ccc2n1Cc1cc(=O)n2ccsc2n1. The van der Waals surface area contributed by atoms with Gasteiger partial charge in [-0.25, -0.2) is 9.78 Å². The van der Waals surface area contributed by atoms with Crippen LogP contribution >= 0.6 is 22.9 Å². The molecule has 0 spiro atoms. The van der Waals surface area contributed by atoms with E-state index in [1.54, 1.807) is 29.8 Å². The smallest absolute Gasteiger partial charge is 0.408 e. The number of hydrogen-bond donors (Lipinski definition) is 0. The van der Waals surface area contributed by atoms with Gasteiger partial charge in [0.05, 0.1) is 17.8 Å². The first-order chi connectivity index (χ1) is 10.6. The summed E-state index contributed by atoms with van der Waals surface area (Å²) in [5.41, 5.74) is 1.35. The number of aromatic nitrogens is 3. The Morgan fingerprint density at radius 1 is 1.27 bits per heavy atom. The second-order valence-corrected chi connectivity index (χ2v) is 6.02.